The van der Waals surface area contributed by atoms with Crippen LogP contribution >= 0.6 is 11.3 Å². The predicted octanol–water partition coefficient (Wildman–Crippen LogP) is 7.04. The zero-order valence-corrected chi connectivity index (χ0v) is 25.6. The second-order valence-electron chi connectivity index (χ2n) is 13.6. The predicted molar refractivity (Wildman–Crippen MR) is 166 cm³/mol. The number of aliphatic hydroxyl groups is 2. The number of allylic oxidation sites excluding steroid dienone is 3. The molecule has 6 heteroatoms. The number of amides is 2. The van der Waals surface area contributed by atoms with Crippen LogP contribution in [0.3, 0.4) is 0 Å². The van der Waals surface area contributed by atoms with Crippen molar-refractivity contribution in [2.24, 2.45) is 22.7 Å². The van der Waals surface area contributed by atoms with Gasteiger partial charge in [-0.3, -0.25) is 0 Å². The standard InChI is InChI=1S/C35H46N2O3S/c1-24(25-8-5-4-6-9-25)36-32(39)37(20-16-28-10-7-21-41-28)23-35(40)19-15-31-29-12-11-26-22-27(38)13-17-33(26,2)30(29)14-18-34(31,35)3/h4-12,21,24,27,30-31,38,40H,13-20,22-23H2,1-3H3,(H,36,39). The van der Waals surface area contributed by atoms with Crippen molar-refractivity contribution in [3.8, 4) is 0 Å². The molecule has 3 saturated carbocycles. The summed E-state index contributed by atoms with van der Waals surface area (Å²) in [4.78, 5) is 16.9. The van der Waals surface area contributed by atoms with Crippen molar-refractivity contribution in [1.29, 1.82) is 0 Å². The first-order chi connectivity index (χ1) is 19.6. The van der Waals surface area contributed by atoms with Crippen LogP contribution in [-0.4, -0.2) is 45.9 Å². The van der Waals surface area contributed by atoms with Gasteiger partial charge < -0.3 is 20.4 Å². The highest BCUT2D eigenvalue weighted by Gasteiger charge is 2.62. The van der Waals surface area contributed by atoms with E-state index in [2.05, 4.69) is 48.8 Å². The van der Waals surface area contributed by atoms with Crippen molar-refractivity contribution >= 4 is 17.4 Å². The van der Waals surface area contributed by atoms with Crippen LogP contribution in [0.4, 0.5) is 4.79 Å². The number of carbonyl (C=O) groups excluding carboxylic acids is 1. The molecule has 6 rings (SSSR count). The van der Waals surface area contributed by atoms with Crippen LogP contribution in [0.2, 0.25) is 0 Å². The molecule has 220 valence electrons. The summed E-state index contributed by atoms with van der Waals surface area (Å²) in [6, 6.07) is 14.0. The van der Waals surface area contributed by atoms with Crippen molar-refractivity contribution in [3.63, 3.8) is 0 Å². The average molecular weight is 575 g/mol. The lowest BCUT2D eigenvalue weighted by molar-refractivity contribution is -0.0963. The Kier molecular flexibility index (Phi) is 7.71. The number of aliphatic hydroxyl groups excluding tert-OH is 1. The number of nitrogens with zero attached hydrogens (tertiary/aromatic N) is 1. The summed E-state index contributed by atoms with van der Waals surface area (Å²) in [5.41, 5.74) is 2.88. The second kappa shape index (κ2) is 11.0. The van der Waals surface area contributed by atoms with Crippen molar-refractivity contribution in [2.45, 2.75) is 89.9 Å². The Morgan fingerprint density at radius 2 is 1.83 bits per heavy atom. The van der Waals surface area contributed by atoms with Gasteiger partial charge in [-0.1, -0.05) is 73.5 Å². The smallest absolute Gasteiger partial charge is 0.317 e. The molecule has 5 nitrogen and oxygen atoms in total. The molecular formula is C35H46N2O3S. The van der Waals surface area contributed by atoms with E-state index in [1.165, 1.54) is 16.0 Å². The maximum absolute atomic E-state index is 13.8. The van der Waals surface area contributed by atoms with Gasteiger partial charge in [0.25, 0.3) is 0 Å². The molecule has 1 aromatic heterocycles. The van der Waals surface area contributed by atoms with Gasteiger partial charge in [-0.25, -0.2) is 4.79 Å². The first-order valence-corrected chi connectivity index (χ1v) is 16.5. The van der Waals surface area contributed by atoms with Gasteiger partial charge in [-0.05, 0) is 92.6 Å². The van der Waals surface area contributed by atoms with E-state index in [9.17, 15) is 15.0 Å². The minimum Gasteiger partial charge on any atom is -0.393 e. The highest BCUT2D eigenvalue weighted by atomic mass is 32.1. The van der Waals surface area contributed by atoms with Gasteiger partial charge in [0.15, 0.2) is 0 Å². The first kappa shape index (κ1) is 28.7. The second-order valence-corrected chi connectivity index (χ2v) is 14.7. The van der Waals surface area contributed by atoms with Crippen LogP contribution in [0.15, 0.2) is 71.1 Å². The zero-order valence-electron chi connectivity index (χ0n) is 24.8. The van der Waals surface area contributed by atoms with Gasteiger partial charge in [-0.15, -0.1) is 11.3 Å². The lowest BCUT2D eigenvalue weighted by atomic mass is 9.50. The van der Waals surface area contributed by atoms with Gasteiger partial charge in [0, 0.05) is 16.8 Å². The first-order valence-electron chi connectivity index (χ1n) is 15.6. The van der Waals surface area contributed by atoms with E-state index < -0.39 is 5.60 Å². The fourth-order valence-corrected chi connectivity index (χ4v) is 9.42. The molecule has 0 bridgehead atoms. The van der Waals surface area contributed by atoms with Crippen molar-refractivity contribution in [3.05, 3.63) is 81.6 Å². The average Bonchev–Trinajstić information content (AvgIpc) is 3.58. The Bertz CT molecular complexity index is 1310. The SMILES string of the molecule is CC(NC(=O)N(CCc1cccs1)CC1(O)CCC2C3=CC=C4CC(O)CCC4(C)C3CCC21C)c1ccccc1. The lowest BCUT2D eigenvalue weighted by Gasteiger charge is -2.56. The van der Waals surface area contributed by atoms with E-state index in [1.807, 2.05) is 42.2 Å². The Labute approximate surface area is 249 Å². The minimum atomic E-state index is -0.945. The quantitative estimate of drug-likeness (QED) is 0.332. The number of hydrogen-bond donors (Lipinski definition) is 3. The fraction of sp³-hybridized carbons (Fsp3) is 0.571. The maximum Gasteiger partial charge on any atom is 0.317 e. The van der Waals surface area contributed by atoms with E-state index in [-0.39, 0.29) is 29.0 Å². The van der Waals surface area contributed by atoms with E-state index in [0.717, 1.165) is 50.5 Å². The van der Waals surface area contributed by atoms with Gasteiger partial charge in [0.2, 0.25) is 0 Å². The molecule has 7 unspecified atom stereocenters. The zero-order chi connectivity index (χ0) is 28.8. The fourth-order valence-electron chi connectivity index (χ4n) is 8.72. The van der Waals surface area contributed by atoms with E-state index in [0.29, 0.717) is 31.3 Å². The van der Waals surface area contributed by atoms with Gasteiger partial charge in [0.1, 0.15) is 0 Å². The van der Waals surface area contributed by atoms with Gasteiger partial charge >= 0.3 is 6.03 Å². The molecule has 1 heterocycles. The Morgan fingerprint density at radius 1 is 1.05 bits per heavy atom. The van der Waals surface area contributed by atoms with E-state index in [4.69, 9.17) is 0 Å². The van der Waals surface area contributed by atoms with Crippen LogP contribution in [0.5, 0.6) is 0 Å². The Morgan fingerprint density at radius 3 is 2.59 bits per heavy atom. The Balaban J connectivity index is 1.24. The Hall–Kier alpha value is -2.41. The third-order valence-corrected chi connectivity index (χ3v) is 12.4. The van der Waals surface area contributed by atoms with Crippen molar-refractivity contribution in [2.75, 3.05) is 13.1 Å². The monoisotopic (exact) mass is 574 g/mol. The summed E-state index contributed by atoms with van der Waals surface area (Å²) >= 11 is 1.72. The molecule has 3 fully saturated rings. The molecule has 2 aromatic rings. The van der Waals surface area contributed by atoms with Crippen LogP contribution in [0.1, 0.15) is 82.2 Å². The summed E-state index contributed by atoms with van der Waals surface area (Å²) in [7, 11) is 0. The van der Waals surface area contributed by atoms with Gasteiger partial charge in [-0.2, -0.15) is 0 Å². The molecule has 4 aliphatic carbocycles. The molecule has 4 aliphatic rings. The summed E-state index contributed by atoms with van der Waals surface area (Å²) in [5.74, 6) is 0.804. The molecule has 0 saturated heterocycles. The number of fused-ring (bicyclic) bond motifs is 5. The molecule has 0 spiro atoms. The largest absolute Gasteiger partial charge is 0.393 e. The van der Waals surface area contributed by atoms with Crippen LogP contribution in [0, 0.1) is 22.7 Å². The van der Waals surface area contributed by atoms with Crippen molar-refractivity contribution < 1.29 is 15.0 Å². The molecule has 7 atom stereocenters. The normalized spacial score (nSPS) is 34.9. The van der Waals surface area contributed by atoms with E-state index in [1.54, 1.807) is 11.3 Å². The van der Waals surface area contributed by atoms with Gasteiger partial charge in [0.05, 0.1) is 24.3 Å². The molecular weight excluding hydrogens is 528 g/mol. The number of urea groups is 1. The number of hydrogen-bond acceptors (Lipinski definition) is 4. The molecule has 2 amide bonds. The third-order valence-electron chi connectivity index (χ3n) is 11.5. The molecule has 1 aromatic carbocycles. The van der Waals surface area contributed by atoms with E-state index >= 15 is 0 Å². The molecule has 41 heavy (non-hydrogen) atoms. The van der Waals surface area contributed by atoms with Crippen LogP contribution in [0.25, 0.3) is 0 Å². The summed E-state index contributed by atoms with van der Waals surface area (Å²) < 4.78 is 0. The number of benzene rings is 1. The molecule has 3 N–H and O–H groups in total. The maximum atomic E-state index is 13.8. The number of nitrogens with one attached hydrogen (secondary N) is 1. The number of carbonyl (C=O) groups is 1. The summed E-state index contributed by atoms with van der Waals surface area (Å²) in [6.07, 6.45) is 11.6. The lowest BCUT2D eigenvalue weighted by Crippen LogP contribution is -2.58. The third kappa shape index (κ3) is 5.10. The highest BCUT2D eigenvalue weighted by Crippen LogP contribution is 2.66. The summed E-state index contributed by atoms with van der Waals surface area (Å²) in [5, 5.41) is 28.1. The number of thiophene rings is 1. The van der Waals surface area contributed by atoms with Crippen molar-refractivity contribution in [1.82, 2.24) is 10.2 Å². The summed E-state index contributed by atoms with van der Waals surface area (Å²) in [6.45, 7) is 7.65. The van der Waals surface area contributed by atoms with Crippen LogP contribution in [-0.2, 0) is 6.42 Å². The number of rotatable bonds is 7. The highest BCUT2D eigenvalue weighted by molar-refractivity contribution is 7.09. The molecule has 0 aliphatic heterocycles. The van der Waals surface area contributed by atoms with Crippen LogP contribution < -0.4 is 5.32 Å². The topological polar surface area (TPSA) is 72.8 Å². The minimum absolute atomic E-state index is 0.107. The molecule has 0 radical (unpaired) electrons.